The summed E-state index contributed by atoms with van der Waals surface area (Å²) in [5.74, 6) is 0.611. The topological polar surface area (TPSA) is 23.5 Å². The van der Waals surface area contributed by atoms with Gasteiger partial charge in [0, 0.05) is 6.54 Å². The van der Waals surface area contributed by atoms with Crippen LogP contribution in [0.15, 0.2) is 0 Å². The lowest BCUT2D eigenvalue weighted by atomic mass is 10.0. The van der Waals surface area contributed by atoms with Crippen LogP contribution < -0.4 is 0 Å². The molecule has 0 aliphatic carbocycles. The van der Waals surface area contributed by atoms with Crippen LogP contribution in [0.1, 0.15) is 39.5 Å². The second-order valence-corrected chi connectivity index (χ2v) is 4.64. The van der Waals surface area contributed by atoms with Gasteiger partial charge in [0.1, 0.15) is 0 Å². The van der Waals surface area contributed by atoms with Crippen LogP contribution in [0, 0.1) is 5.92 Å². The van der Waals surface area contributed by atoms with Crippen molar-refractivity contribution in [3.8, 4) is 0 Å². The highest BCUT2D eigenvalue weighted by atomic mass is 16.3. The standard InChI is InChI=1S/C11H23NO/c1-10(2)8-11(13)9-12-6-4-3-5-7-12/h10-11,13H,3-9H2,1-2H3. The number of hydrogen-bond donors (Lipinski definition) is 1. The van der Waals surface area contributed by atoms with Crippen LogP contribution in [-0.2, 0) is 0 Å². The van der Waals surface area contributed by atoms with Gasteiger partial charge in [-0.3, -0.25) is 0 Å². The lowest BCUT2D eigenvalue weighted by Gasteiger charge is -2.28. The first-order valence-corrected chi connectivity index (χ1v) is 5.59. The van der Waals surface area contributed by atoms with Gasteiger partial charge in [-0.25, -0.2) is 0 Å². The number of rotatable bonds is 4. The summed E-state index contributed by atoms with van der Waals surface area (Å²) in [5, 5.41) is 9.73. The second-order valence-electron chi connectivity index (χ2n) is 4.64. The molecule has 1 unspecified atom stereocenters. The molecule has 0 aromatic rings. The van der Waals surface area contributed by atoms with Crippen LogP contribution in [0.5, 0.6) is 0 Å². The number of β-amino-alcohol motifs (C(OH)–C–C–N with tert-alkyl or cyclic N) is 1. The Labute approximate surface area is 81.9 Å². The highest BCUT2D eigenvalue weighted by Crippen LogP contribution is 2.11. The first kappa shape index (κ1) is 11.0. The smallest absolute Gasteiger partial charge is 0.0669 e. The third-order valence-corrected chi connectivity index (χ3v) is 2.66. The van der Waals surface area contributed by atoms with Crippen LogP contribution in [0.3, 0.4) is 0 Å². The Bertz CT molecular complexity index is 130. The predicted molar refractivity (Wildman–Crippen MR) is 55.8 cm³/mol. The van der Waals surface area contributed by atoms with Gasteiger partial charge in [-0.15, -0.1) is 0 Å². The van der Waals surface area contributed by atoms with Gasteiger partial charge >= 0.3 is 0 Å². The molecule has 0 aromatic carbocycles. The van der Waals surface area contributed by atoms with Crippen LogP contribution in [0.4, 0.5) is 0 Å². The minimum Gasteiger partial charge on any atom is -0.392 e. The van der Waals surface area contributed by atoms with Gasteiger partial charge in [-0.05, 0) is 38.3 Å². The fraction of sp³-hybridized carbons (Fsp3) is 1.00. The Morgan fingerprint density at radius 1 is 1.15 bits per heavy atom. The quantitative estimate of drug-likeness (QED) is 0.723. The highest BCUT2D eigenvalue weighted by Gasteiger charge is 2.14. The average Bonchev–Trinajstić information content (AvgIpc) is 2.04. The van der Waals surface area contributed by atoms with Crippen LogP contribution in [-0.4, -0.2) is 35.7 Å². The average molecular weight is 185 g/mol. The maximum absolute atomic E-state index is 9.73. The van der Waals surface area contributed by atoms with E-state index in [1.54, 1.807) is 0 Å². The summed E-state index contributed by atoms with van der Waals surface area (Å²) in [6.45, 7) is 7.60. The van der Waals surface area contributed by atoms with Gasteiger partial charge in [0.05, 0.1) is 6.10 Å². The SMILES string of the molecule is CC(C)CC(O)CN1CCCCC1. The zero-order chi connectivity index (χ0) is 9.68. The van der Waals surface area contributed by atoms with E-state index in [1.165, 1.54) is 32.4 Å². The molecule has 1 saturated heterocycles. The van der Waals surface area contributed by atoms with Crippen LogP contribution in [0.25, 0.3) is 0 Å². The van der Waals surface area contributed by atoms with Crippen molar-refractivity contribution in [2.75, 3.05) is 19.6 Å². The number of likely N-dealkylation sites (tertiary alicyclic amines) is 1. The molecular weight excluding hydrogens is 162 g/mol. The van der Waals surface area contributed by atoms with E-state index >= 15 is 0 Å². The Morgan fingerprint density at radius 2 is 1.77 bits per heavy atom. The normalized spacial score (nSPS) is 22.2. The van der Waals surface area contributed by atoms with Crippen molar-refractivity contribution in [2.24, 2.45) is 5.92 Å². The number of nitrogens with zero attached hydrogens (tertiary/aromatic N) is 1. The largest absolute Gasteiger partial charge is 0.392 e. The zero-order valence-corrected chi connectivity index (χ0v) is 9.00. The molecule has 2 heteroatoms. The molecule has 0 amide bonds. The summed E-state index contributed by atoms with van der Waals surface area (Å²) in [6.07, 6.45) is 4.83. The molecule has 13 heavy (non-hydrogen) atoms. The van der Waals surface area contributed by atoms with Crippen molar-refractivity contribution in [2.45, 2.75) is 45.6 Å². The predicted octanol–water partition coefficient (Wildman–Crippen LogP) is 1.88. The third-order valence-electron chi connectivity index (χ3n) is 2.66. The van der Waals surface area contributed by atoms with E-state index in [0.717, 1.165) is 13.0 Å². The third kappa shape index (κ3) is 4.63. The Hall–Kier alpha value is -0.0800. The Morgan fingerprint density at radius 3 is 2.31 bits per heavy atom. The second kappa shape index (κ2) is 5.61. The highest BCUT2D eigenvalue weighted by molar-refractivity contribution is 4.69. The summed E-state index contributed by atoms with van der Waals surface area (Å²) in [7, 11) is 0. The van der Waals surface area contributed by atoms with Crippen molar-refractivity contribution in [1.82, 2.24) is 4.90 Å². The van der Waals surface area contributed by atoms with Crippen molar-refractivity contribution < 1.29 is 5.11 Å². The molecule has 0 radical (unpaired) electrons. The summed E-state index contributed by atoms with van der Waals surface area (Å²) in [4.78, 5) is 2.40. The fourth-order valence-corrected chi connectivity index (χ4v) is 2.06. The van der Waals surface area contributed by atoms with Crippen LogP contribution in [0.2, 0.25) is 0 Å². The van der Waals surface area contributed by atoms with Crippen molar-refractivity contribution >= 4 is 0 Å². The minimum absolute atomic E-state index is 0.113. The molecule has 0 bridgehead atoms. The van der Waals surface area contributed by atoms with Gasteiger partial charge in [0.25, 0.3) is 0 Å². The number of hydrogen-bond acceptors (Lipinski definition) is 2. The van der Waals surface area contributed by atoms with Gasteiger partial charge in [0.15, 0.2) is 0 Å². The maximum atomic E-state index is 9.73. The van der Waals surface area contributed by atoms with Gasteiger partial charge < -0.3 is 10.0 Å². The molecule has 2 nitrogen and oxygen atoms in total. The molecule has 0 aromatic heterocycles. The summed E-state index contributed by atoms with van der Waals surface area (Å²) >= 11 is 0. The van der Waals surface area contributed by atoms with E-state index in [-0.39, 0.29) is 6.10 Å². The first-order chi connectivity index (χ1) is 6.18. The molecule has 1 aliphatic rings. The first-order valence-electron chi connectivity index (χ1n) is 5.59. The van der Waals surface area contributed by atoms with E-state index in [4.69, 9.17) is 0 Å². The van der Waals surface area contributed by atoms with E-state index in [0.29, 0.717) is 5.92 Å². The minimum atomic E-state index is -0.113. The van der Waals surface area contributed by atoms with E-state index in [9.17, 15) is 5.11 Å². The molecule has 78 valence electrons. The van der Waals surface area contributed by atoms with Crippen molar-refractivity contribution in [1.29, 1.82) is 0 Å². The monoisotopic (exact) mass is 185 g/mol. The molecule has 1 fully saturated rings. The molecule has 1 atom stereocenters. The fourth-order valence-electron chi connectivity index (χ4n) is 2.06. The molecule has 1 heterocycles. The molecule has 0 saturated carbocycles. The van der Waals surface area contributed by atoms with Crippen molar-refractivity contribution in [3.05, 3.63) is 0 Å². The number of aliphatic hydroxyl groups is 1. The molecule has 1 rings (SSSR count). The number of piperidine rings is 1. The van der Waals surface area contributed by atoms with Gasteiger partial charge in [-0.1, -0.05) is 20.3 Å². The molecular formula is C11H23NO. The molecule has 1 N–H and O–H groups in total. The van der Waals surface area contributed by atoms with E-state index in [2.05, 4.69) is 18.7 Å². The Balaban J connectivity index is 2.14. The lowest BCUT2D eigenvalue weighted by Crippen LogP contribution is -2.36. The van der Waals surface area contributed by atoms with E-state index in [1.807, 2.05) is 0 Å². The van der Waals surface area contributed by atoms with E-state index < -0.39 is 0 Å². The summed E-state index contributed by atoms with van der Waals surface area (Å²) in [5.41, 5.74) is 0. The maximum Gasteiger partial charge on any atom is 0.0669 e. The van der Waals surface area contributed by atoms with Crippen LogP contribution >= 0.6 is 0 Å². The van der Waals surface area contributed by atoms with Gasteiger partial charge in [0.2, 0.25) is 0 Å². The Kier molecular flexibility index (Phi) is 4.74. The molecule has 1 aliphatic heterocycles. The van der Waals surface area contributed by atoms with Gasteiger partial charge in [-0.2, -0.15) is 0 Å². The lowest BCUT2D eigenvalue weighted by molar-refractivity contribution is 0.0856. The summed E-state index contributed by atoms with van der Waals surface area (Å²) < 4.78 is 0. The zero-order valence-electron chi connectivity index (χ0n) is 9.00. The van der Waals surface area contributed by atoms with Crippen molar-refractivity contribution in [3.63, 3.8) is 0 Å². The number of aliphatic hydroxyl groups excluding tert-OH is 1. The summed E-state index contributed by atoms with van der Waals surface area (Å²) in [6, 6.07) is 0. The molecule has 0 spiro atoms.